The number of guanidine groups is 1. The monoisotopic (exact) mass is 525 g/mol. The number of aliphatic imine (C=N–C) groups is 1. The summed E-state index contributed by atoms with van der Waals surface area (Å²) in [5.41, 5.74) is -0.418. The molecule has 2 rings (SSSR count). The second-order valence-corrected chi connectivity index (χ2v) is 6.49. The largest absolute Gasteiger partial charge is 0.466 e. The molecule has 5 nitrogen and oxygen atoms in total. The van der Waals surface area contributed by atoms with Gasteiger partial charge >= 0.3 is 0 Å². The first-order valence-corrected chi connectivity index (χ1v) is 8.43. The fourth-order valence-electron chi connectivity index (χ4n) is 2.14. The van der Waals surface area contributed by atoms with Crippen LogP contribution >= 0.6 is 39.9 Å². The summed E-state index contributed by atoms with van der Waals surface area (Å²) in [5.74, 6) is 0.693. The van der Waals surface area contributed by atoms with Gasteiger partial charge in [0.25, 0.3) is 0 Å². The summed E-state index contributed by atoms with van der Waals surface area (Å²) in [6, 6.07) is 8.10. The summed E-state index contributed by atoms with van der Waals surface area (Å²) in [7, 11) is 0. The third-order valence-corrected chi connectivity index (χ3v) is 3.80. The molecule has 0 aliphatic heterocycles. The number of aliphatic hydroxyl groups is 1. The van der Waals surface area contributed by atoms with Gasteiger partial charge < -0.3 is 20.2 Å². The van der Waals surface area contributed by atoms with Gasteiger partial charge in [-0.1, -0.05) is 15.9 Å². The molecule has 0 saturated carbocycles. The summed E-state index contributed by atoms with van der Waals surface area (Å²) >= 11 is 3.27. The molecular formula is C17H22BrFIN3O2. The van der Waals surface area contributed by atoms with E-state index in [9.17, 15) is 9.50 Å². The highest BCUT2D eigenvalue weighted by Gasteiger charge is 2.26. The topological polar surface area (TPSA) is 69.8 Å². The number of furan rings is 1. The lowest BCUT2D eigenvalue weighted by atomic mass is 10.0. The Bertz CT molecular complexity index is 673. The number of hydrogen-bond donors (Lipinski definition) is 3. The minimum absolute atomic E-state index is 0. The van der Waals surface area contributed by atoms with Gasteiger partial charge in [-0.15, -0.1) is 24.0 Å². The van der Waals surface area contributed by atoms with Gasteiger partial charge in [0.1, 0.15) is 17.2 Å². The quantitative estimate of drug-likeness (QED) is 0.305. The first kappa shape index (κ1) is 21.9. The summed E-state index contributed by atoms with van der Waals surface area (Å²) in [6.07, 6.45) is 1.52. The Balaban J connectivity index is 0.00000312. The normalized spacial score (nSPS) is 13.7. The molecule has 2 aromatic rings. The molecule has 1 atom stereocenters. The molecule has 0 aliphatic carbocycles. The van der Waals surface area contributed by atoms with Crippen molar-refractivity contribution >= 4 is 45.9 Å². The molecule has 1 unspecified atom stereocenters. The van der Waals surface area contributed by atoms with Gasteiger partial charge in [-0.05, 0) is 49.7 Å². The third-order valence-electron chi connectivity index (χ3n) is 3.34. The van der Waals surface area contributed by atoms with E-state index in [1.165, 1.54) is 18.4 Å². The molecule has 25 heavy (non-hydrogen) atoms. The molecule has 1 heterocycles. The van der Waals surface area contributed by atoms with Crippen LogP contribution in [0.15, 0.2) is 50.5 Å². The van der Waals surface area contributed by atoms with E-state index in [0.29, 0.717) is 29.3 Å². The minimum Gasteiger partial charge on any atom is -0.466 e. The Hall–Kier alpha value is -1.13. The molecule has 1 aromatic carbocycles. The van der Waals surface area contributed by atoms with Crippen molar-refractivity contribution in [2.24, 2.45) is 4.99 Å². The minimum atomic E-state index is -1.17. The number of nitrogens with one attached hydrogen (secondary N) is 2. The molecule has 0 amide bonds. The van der Waals surface area contributed by atoms with Gasteiger partial charge in [0.2, 0.25) is 0 Å². The average molecular weight is 526 g/mol. The van der Waals surface area contributed by atoms with E-state index in [4.69, 9.17) is 4.42 Å². The first-order chi connectivity index (χ1) is 11.4. The number of benzene rings is 1. The zero-order chi connectivity index (χ0) is 17.6. The van der Waals surface area contributed by atoms with E-state index in [0.717, 1.165) is 5.56 Å². The van der Waals surface area contributed by atoms with Crippen molar-refractivity contribution in [2.75, 3.05) is 13.1 Å². The van der Waals surface area contributed by atoms with Crippen LogP contribution in [0.3, 0.4) is 0 Å². The maximum absolute atomic E-state index is 13.4. The van der Waals surface area contributed by atoms with Gasteiger partial charge in [0.05, 0.1) is 19.4 Å². The van der Waals surface area contributed by atoms with Crippen LogP contribution < -0.4 is 10.6 Å². The zero-order valence-corrected chi connectivity index (χ0v) is 18.0. The average Bonchev–Trinajstić information content (AvgIpc) is 3.04. The third kappa shape index (κ3) is 6.95. The SMILES string of the molecule is CCNC(=NCc1cc(F)cc(Br)c1)NCC(C)(O)c1ccco1.I. The van der Waals surface area contributed by atoms with Crippen molar-refractivity contribution in [1.82, 2.24) is 10.6 Å². The summed E-state index contributed by atoms with van der Waals surface area (Å²) in [5, 5.41) is 16.6. The van der Waals surface area contributed by atoms with Crippen molar-refractivity contribution in [3.8, 4) is 0 Å². The maximum atomic E-state index is 13.4. The maximum Gasteiger partial charge on any atom is 0.191 e. The van der Waals surface area contributed by atoms with Crippen molar-refractivity contribution in [1.29, 1.82) is 0 Å². The predicted octanol–water partition coefficient (Wildman–Crippen LogP) is 3.76. The summed E-state index contributed by atoms with van der Waals surface area (Å²) in [6.45, 7) is 4.81. The van der Waals surface area contributed by atoms with E-state index in [1.807, 2.05) is 13.0 Å². The summed E-state index contributed by atoms with van der Waals surface area (Å²) in [4.78, 5) is 4.42. The molecule has 8 heteroatoms. The van der Waals surface area contributed by atoms with Crippen LogP contribution in [0.5, 0.6) is 0 Å². The molecule has 0 spiro atoms. The molecule has 138 valence electrons. The second-order valence-electron chi connectivity index (χ2n) is 5.58. The number of nitrogens with zero attached hydrogens (tertiary/aromatic N) is 1. The molecule has 0 fully saturated rings. The van der Waals surface area contributed by atoms with Crippen LogP contribution in [0, 0.1) is 5.82 Å². The van der Waals surface area contributed by atoms with E-state index < -0.39 is 5.60 Å². The highest BCUT2D eigenvalue weighted by Crippen LogP contribution is 2.19. The fraction of sp³-hybridized carbons (Fsp3) is 0.353. The molecule has 3 N–H and O–H groups in total. The fourth-order valence-corrected chi connectivity index (χ4v) is 2.66. The van der Waals surface area contributed by atoms with Crippen LogP contribution in [0.1, 0.15) is 25.2 Å². The Morgan fingerprint density at radius 1 is 1.36 bits per heavy atom. The number of rotatable bonds is 6. The van der Waals surface area contributed by atoms with Crippen molar-refractivity contribution in [3.63, 3.8) is 0 Å². The predicted molar refractivity (Wildman–Crippen MR) is 111 cm³/mol. The Morgan fingerprint density at radius 2 is 2.12 bits per heavy atom. The van der Waals surface area contributed by atoms with Crippen LogP contribution in [0.2, 0.25) is 0 Å². The van der Waals surface area contributed by atoms with Gasteiger partial charge in [0.15, 0.2) is 5.96 Å². The second kappa shape index (κ2) is 10.1. The van der Waals surface area contributed by atoms with Gasteiger partial charge in [-0.2, -0.15) is 0 Å². The summed E-state index contributed by atoms with van der Waals surface area (Å²) < 4.78 is 19.3. The van der Waals surface area contributed by atoms with Gasteiger partial charge in [-0.3, -0.25) is 0 Å². The number of halogens is 3. The van der Waals surface area contributed by atoms with Crippen molar-refractivity contribution in [2.45, 2.75) is 26.0 Å². The molecule has 0 aliphatic rings. The lowest BCUT2D eigenvalue weighted by Crippen LogP contribution is -2.44. The molecular weight excluding hydrogens is 504 g/mol. The van der Waals surface area contributed by atoms with Crippen LogP contribution in [0.4, 0.5) is 4.39 Å². The lowest BCUT2D eigenvalue weighted by molar-refractivity contribution is 0.0386. The van der Waals surface area contributed by atoms with Crippen LogP contribution in [-0.4, -0.2) is 24.2 Å². The Kier molecular flexibility index (Phi) is 8.87. The first-order valence-electron chi connectivity index (χ1n) is 7.64. The van der Waals surface area contributed by atoms with Gasteiger partial charge in [-0.25, -0.2) is 9.38 Å². The highest BCUT2D eigenvalue weighted by molar-refractivity contribution is 14.0. The van der Waals surface area contributed by atoms with Crippen LogP contribution in [-0.2, 0) is 12.1 Å². The molecule has 0 saturated heterocycles. The smallest absolute Gasteiger partial charge is 0.191 e. The van der Waals surface area contributed by atoms with E-state index in [-0.39, 0.29) is 36.3 Å². The highest BCUT2D eigenvalue weighted by atomic mass is 127. The number of hydrogen-bond acceptors (Lipinski definition) is 3. The standard InChI is InChI=1S/C17H21BrFN3O2.HI/c1-3-20-16(21-10-12-7-13(18)9-14(19)8-12)22-11-17(2,23)15-5-4-6-24-15;/h4-9,23H,3,10-11H2,1-2H3,(H2,20,21,22);1H. The van der Waals surface area contributed by atoms with Gasteiger partial charge in [0, 0.05) is 11.0 Å². The van der Waals surface area contributed by atoms with E-state index in [2.05, 4.69) is 31.6 Å². The molecule has 1 aromatic heterocycles. The Labute approximate surface area is 172 Å². The van der Waals surface area contributed by atoms with Crippen molar-refractivity contribution < 1.29 is 13.9 Å². The van der Waals surface area contributed by atoms with E-state index in [1.54, 1.807) is 19.1 Å². The van der Waals surface area contributed by atoms with E-state index >= 15 is 0 Å². The van der Waals surface area contributed by atoms with Crippen molar-refractivity contribution in [3.05, 3.63) is 58.2 Å². The zero-order valence-electron chi connectivity index (χ0n) is 14.1. The molecule has 0 radical (unpaired) electrons. The van der Waals surface area contributed by atoms with Crippen LogP contribution in [0.25, 0.3) is 0 Å². The Morgan fingerprint density at radius 3 is 2.72 bits per heavy atom. The lowest BCUT2D eigenvalue weighted by Gasteiger charge is -2.22. The molecule has 0 bridgehead atoms.